The minimum Gasteiger partial charge on any atom is -0.473 e. The van der Waals surface area contributed by atoms with E-state index in [2.05, 4.69) is 10.3 Å². The standard InChI is InChI=1S/C16H14Cl2N2O3/c1-9-5-10(17)6-13(18)12(9)7-20-16(21)23-14-8-22-15-11(14)3-2-4-19-15/h2-6,14H,7-8H2,1H3,(H,20,21)/t14-/m0/s1/i1D3. The molecule has 1 aliphatic rings. The Morgan fingerprint density at radius 2 is 2.43 bits per heavy atom. The van der Waals surface area contributed by atoms with Crippen LogP contribution in [0.25, 0.3) is 0 Å². The Morgan fingerprint density at radius 3 is 3.26 bits per heavy atom. The topological polar surface area (TPSA) is 60.5 Å². The van der Waals surface area contributed by atoms with Gasteiger partial charge in [0.25, 0.3) is 0 Å². The van der Waals surface area contributed by atoms with Gasteiger partial charge in [0.15, 0.2) is 6.10 Å². The van der Waals surface area contributed by atoms with Crippen LogP contribution < -0.4 is 10.1 Å². The molecule has 1 N–H and O–H groups in total. The maximum Gasteiger partial charge on any atom is 0.408 e. The second-order valence-corrected chi connectivity index (χ2v) is 5.71. The van der Waals surface area contributed by atoms with Crippen LogP contribution in [-0.2, 0) is 11.3 Å². The molecule has 120 valence electrons. The van der Waals surface area contributed by atoms with Crippen LogP contribution in [0.5, 0.6) is 5.88 Å². The van der Waals surface area contributed by atoms with Crippen molar-refractivity contribution < 1.29 is 18.4 Å². The largest absolute Gasteiger partial charge is 0.473 e. The number of amides is 1. The van der Waals surface area contributed by atoms with E-state index < -0.39 is 19.0 Å². The van der Waals surface area contributed by atoms with Crippen LogP contribution in [0.15, 0.2) is 30.5 Å². The lowest BCUT2D eigenvalue weighted by Crippen LogP contribution is -2.26. The molecule has 1 aliphatic heterocycles. The van der Waals surface area contributed by atoms with Crippen molar-refractivity contribution in [2.75, 3.05) is 6.61 Å². The van der Waals surface area contributed by atoms with Crippen molar-refractivity contribution >= 4 is 29.3 Å². The molecular formula is C16H14Cl2N2O3. The number of hydrogen-bond donors (Lipinski definition) is 1. The van der Waals surface area contributed by atoms with Gasteiger partial charge >= 0.3 is 6.09 Å². The summed E-state index contributed by atoms with van der Waals surface area (Å²) in [6, 6.07) is 6.22. The first-order valence-corrected chi connectivity index (χ1v) is 7.52. The van der Waals surface area contributed by atoms with Crippen molar-refractivity contribution in [2.24, 2.45) is 0 Å². The Morgan fingerprint density at radius 1 is 1.57 bits per heavy atom. The van der Waals surface area contributed by atoms with Gasteiger partial charge in [-0.2, -0.15) is 0 Å². The van der Waals surface area contributed by atoms with Crippen LogP contribution in [-0.4, -0.2) is 17.7 Å². The Kier molecular flexibility index (Phi) is 3.59. The number of ether oxygens (including phenoxy) is 2. The number of aryl methyl sites for hydroxylation is 1. The number of hydrogen-bond acceptors (Lipinski definition) is 4. The van der Waals surface area contributed by atoms with Crippen LogP contribution >= 0.6 is 23.2 Å². The quantitative estimate of drug-likeness (QED) is 0.901. The van der Waals surface area contributed by atoms with Gasteiger partial charge in [-0.05, 0) is 42.2 Å². The lowest BCUT2D eigenvalue weighted by molar-refractivity contribution is 0.0821. The number of rotatable bonds is 3. The average Bonchev–Trinajstić information content (AvgIpc) is 2.96. The van der Waals surface area contributed by atoms with Crippen molar-refractivity contribution in [2.45, 2.75) is 19.5 Å². The first-order valence-electron chi connectivity index (χ1n) is 8.26. The number of carbonyl (C=O) groups is 1. The minimum atomic E-state index is -2.42. The highest BCUT2D eigenvalue weighted by atomic mass is 35.5. The van der Waals surface area contributed by atoms with Crippen LogP contribution in [0, 0.1) is 6.85 Å². The fraction of sp³-hybridized carbons (Fsp3) is 0.250. The van der Waals surface area contributed by atoms with Gasteiger partial charge in [-0.25, -0.2) is 9.78 Å². The van der Waals surface area contributed by atoms with Crippen molar-refractivity contribution in [3.8, 4) is 5.88 Å². The molecule has 7 heteroatoms. The molecule has 5 nitrogen and oxygen atoms in total. The fourth-order valence-electron chi connectivity index (χ4n) is 2.23. The van der Waals surface area contributed by atoms with Crippen LogP contribution in [0.4, 0.5) is 4.79 Å². The smallest absolute Gasteiger partial charge is 0.408 e. The third-order valence-corrected chi connectivity index (χ3v) is 3.89. The van der Waals surface area contributed by atoms with Gasteiger partial charge in [0.05, 0.1) is 5.56 Å². The van der Waals surface area contributed by atoms with E-state index in [-0.39, 0.29) is 34.3 Å². The van der Waals surface area contributed by atoms with Gasteiger partial charge in [0, 0.05) is 26.9 Å². The zero-order chi connectivity index (χ0) is 18.9. The molecule has 0 unspecified atom stereocenters. The number of fused-ring (bicyclic) bond motifs is 1. The molecule has 0 fully saturated rings. The summed E-state index contributed by atoms with van der Waals surface area (Å²) >= 11 is 12.0. The van der Waals surface area contributed by atoms with E-state index in [1.807, 2.05) is 0 Å². The molecule has 1 amide bonds. The second-order valence-electron chi connectivity index (χ2n) is 4.87. The predicted molar refractivity (Wildman–Crippen MR) is 87.0 cm³/mol. The highest BCUT2D eigenvalue weighted by Crippen LogP contribution is 2.32. The number of halogens is 2. The molecule has 0 spiro atoms. The number of benzene rings is 1. The number of pyridine rings is 1. The third kappa shape index (κ3) is 3.51. The summed E-state index contributed by atoms with van der Waals surface area (Å²) < 4.78 is 33.5. The van der Waals surface area contributed by atoms with E-state index >= 15 is 0 Å². The summed E-state index contributed by atoms with van der Waals surface area (Å²) in [6.45, 7) is -2.36. The summed E-state index contributed by atoms with van der Waals surface area (Å²) in [5.41, 5.74) is 0.919. The molecule has 0 aliphatic carbocycles. The van der Waals surface area contributed by atoms with Crippen molar-refractivity contribution in [1.82, 2.24) is 10.3 Å². The monoisotopic (exact) mass is 355 g/mol. The summed E-state index contributed by atoms with van der Waals surface area (Å²) in [5, 5.41) is 2.88. The van der Waals surface area contributed by atoms with E-state index in [1.54, 1.807) is 18.3 Å². The summed E-state index contributed by atoms with van der Waals surface area (Å²) in [4.78, 5) is 16.1. The molecule has 1 aromatic heterocycles. The zero-order valence-corrected chi connectivity index (χ0v) is 13.3. The number of aromatic nitrogens is 1. The van der Waals surface area contributed by atoms with Crippen LogP contribution in [0.1, 0.15) is 26.9 Å². The van der Waals surface area contributed by atoms with E-state index in [1.165, 1.54) is 12.1 Å². The zero-order valence-electron chi connectivity index (χ0n) is 14.8. The Balaban J connectivity index is 1.69. The predicted octanol–water partition coefficient (Wildman–Crippen LogP) is 4.06. The van der Waals surface area contributed by atoms with Gasteiger partial charge in [-0.1, -0.05) is 23.2 Å². The van der Waals surface area contributed by atoms with Gasteiger partial charge < -0.3 is 14.8 Å². The Labute approximate surface area is 147 Å². The van der Waals surface area contributed by atoms with Crippen LogP contribution in [0.2, 0.25) is 10.0 Å². The van der Waals surface area contributed by atoms with E-state index in [0.717, 1.165) is 0 Å². The first kappa shape index (κ1) is 12.4. The number of carbonyl (C=O) groups excluding carboxylic acids is 1. The van der Waals surface area contributed by atoms with Gasteiger partial charge in [0.1, 0.15) is 6.61 Å². The summed E-state index contributed by atoms with van der Waals surface area (Å²) in [6.07, 6.45) is 0.277. The molecule has 1 aromatic carbocycles. The minimum absolute atomic E-state index is 0.0194. The third-order valence-electron chi connectivity index (χ3n) is 3.34. The Hall–Kier alpha value is -1.98. The number of nitrogens with zero attached hydrogens (tertiary/aromatic N) is 1. The summed E-state index contributed by atoms with van der Waals surface area (Å²) in [5.74, 6) is 0.427. The van der Waals surface area contributed by atoms with Crippen molar-refractivity contribution in [3.63, 3.8) is 0 Å². The molecule has 2 heterocycles. The highest BCUT2D eigenvalue weighted by molar-refractivity contribution is 6.35. The first-order chi connectivity index (χ1) is 12.3. The van der Waals surface area contributed by atoms with Gasteiger partial charge in [-0.15, -0.1) is 0 Å². The lowest BCUT2D eigenvalue weighted by Gasteiger charge is -2.13. The van der Waals surface area contributed by atoms with Crippen molar-refractivity contribution in [3.05, 3.63) is 57.2 Å². The molecule has 3 rings (SSSR count). The molecule has 0 saturated carbocycles. The van der Waals surface area contributed by atoms with Gasteiger partial charge in [-0.3, -0.25) is 0 Å². The SMILES string of the molecule is [2H]C([2H])([2H])c1cc(Cl)cc(Cl)c1CNC(=O)O[C@H]1COc2ncccc21. The van der Waals surface area contributed by atoms with Crippen molar-refractivity contribution in [1.29, 1.82) is 0 Å². The second kappa shape index (κ2) is 6.64. The number of alkyl carbamates (subject to hydrolysis) is 1. The fourth-order valence-corrected chi connectivity index (χ4v) is 2.79. The molecule has 23 heavy (non-hydrogen) atoms. The van der Waals surface area contributed by atoms with Crippen LogP contribution in [0.3, 0.4) is 0 Å². The van der Waals surface area contributed by atoms with E-state index in [0.29, 0.717) is 11.4 Å². The molecule has 0 radical (unpaired) electrons. The van der Waals surface area contributed by atoms with E-state index in [9.17, 15) is 4.79 Å². The molecule has 1 atom stereocenters. The molecule has 0 saturated heterocycles. The lowest BCUT2D eigenvalue weighted by atomic mass is 10.1. The molecule has 2 aromatic rings. The maximum atomic E-state index is 12.1. The summed E-state index contributed by atoms with van der Waals surface area (Å²) in [7, 11) is 0. The molecule has 0 bridgehead atoms. The molecular weight excluding hydrogens is 339 g/mol. The normalized spacial score (nSPS) is 18.2. The van der Waals surface area contributed by atoms with Gasteiger partial charge in [0.2, 0.25) is 5.88 Å². The van der Waals surface area contributed by atoms with E-state index in [4.69, 9.17) is 36.8 Å². The highest BCUT2D eigenvalue weighted by Gasteiger charge is 2.28. The average molecular weight is 356 g/mol. The Bertz CT molecular complexity index is 846. The number of nitrogens with one attached hydrogen (secondary N) is 1. The maximum absolute atomic E-state index is 12.1.